The van der Waals surface area contributed by atoms with Crippen molar-refractivity contribution in [1.29, 1.82) is 0 Å². The van der Waals surface area contributed by atoms with E-state index in [0.29, 0.717) is 52.7 Å². The molecule has 1 amide bonds. The van der Waals surface area contributed by atoms with Gasteiger partial charge in [-0.1, -0.05) is 30.3 Å². The van der Waals surface area contributed by atoms with Crippen molar-refractivity contribution in [1.82, 2.24) is 4.90 Å². The molecule has 3 aliphatic rings. The highest BCUT2D eigenvalue weighted by Crippen LogP contribution is 2.36. The number of rotatable bonds is 14. The minimum absolute atomic E-state index is 0.100. The molecule has 0 bridgehead atoms. The summed E-state index contributed by atoms with van der Waals surface area (Å²) in [5.74, 6) is 1.50. The van der Waals surface area contributed by atoms with Crippen molar-refractivity contribution >= 4 is 6.09 Å². The van der Waals surface area contributed by atoms with E-state index in [1.165, 1.54) is 0 Å². The minimum atomic E-state index is -0.598. The first-order valence-corrected chi connectivity index (χ1v) is 14.7. The van der Waals surface area contributed by atoms with Gasteiger partial charge in [0, 0.05) is 17.9 Å². The number of hydrogen-bond acceptors (Lipinski definition) is 9. The third-order valence-corrected chi connectivity index (χ3v) is 7.20. The van der Waals surface area contributed by atoms with Crippen molar-refractivity contribution in [2.24, 2.45) is 0 Å². The summed E-state index contributed by atoms with van der Waals surface area (Å²) in [6.45, 7) is 9.69. The molecule has 2 aromatic rings. The van der Waals surface area contributed by atoms with E-state index in [1.54, 1.807) is 12.0 Å². The zero-order valence-corrected chi connectivity index (χ0v) is 25.0. The monoisotopic (exact) mass is 585 g/mol. The van der Waals surface area contributed by atoms with Crippen LogP contribution in [0.25, 0.3) is 0 Å². The number of carbonyl (C=O) groups is 1. The molecular formula is C32H43NO9. The maximum Gasteiger partial charge on any atom is 0.410 e. The molecule has 5 atom stereocenters. The summed E-state index contributed by atoms with van der Waals surface area (Å²) in [5, 5.41) is 0. The Bertz CT molecular complexity index is 1140. The second-order valence-corrected chi connectivity index (χ2v) is 11.8. The summed E-state index contributed by atoms with van der Waals surface area (Å²) < 4.78 is 46.2. The van der Waals surface area contributed by atoms with E-state index in [1.807, 2.05) is 57.2 Å². The number of carbonyl (C=O) groups excluding carboxylic acids is 1. The molecule has 0 radical (unpaired) electrons. The number of para-hydroxylation sites is 1. The average Bonchev–Trinajstić information content (AvgIpc) is 3.90. The van der Waals surface area contributed by atoms with Crippen LogP contribution in [0.5, 0.6) is 11.5 Å². The molecule has 3 fully saturated rings. The number of piperidine rings is 1. The quantitative estimate of drug-likeness (QED) is 0.234. The number of benzene rings is 2. The molecule has 0 aliphatic carbocycles. The van der Waals surface area contributed by atoms with Crippen molar-refractivity contribution in [3.8, 4) is 11.5 Å². The van der Waals surface area contributed by atoms with Gasteiger partial charge in [0.1, 0.15) is 29.8 Å². The van der Waals surface area contributed by atoms with E-state index in [0.717, 1.165) is 29.0 Å². The molecule has 2 aromatic carbocycles. The van der Waals surface area contributed by atoms with E-state index in [4.69, 9.17) is 37.9 Å². The zero-order chi connectivity index (χ0) is 29.5. The van der Waals surface area contributed by atoms with E-state index in [-0.39, 0.29) is 36.6 Å². The lowest BCUT2D eigenvalue weighted by Crippen LogP contribution is -2.55. The first-order valence-electron chi connectivity index (χ1n) is 14.7. The van der Waals surface area contributed by atoms with E-state index in [2.05, 4.69) is 12.1 Å². The van der Waals surface area contributed by atoms with Crippen LogP contribution in [-0.2, 0) is 35.0 Å². The lowest BCUT2D eigenvalue weighted by Gasteiger charge is -2.43. The standard InChI is InChI=1S/C32H43NO9/c1-32(2,3)42-31(34)33-16-27(39-20-25-19-38-25)30(28(17-33)41-29-21-40-29)22-10-12-24(13-11-22)37-15-7-14-36-18-23-8-5-6-9-26(23)35-4/h5-6,8-13,25,27-30H,7,14-21H2,1-4H3/t25-,27+,28-,29?,30+/m0/s1. The van der Waals surface area contributed by atoms with Crippen LogP contribution in [0.1, 0.15) is 44.2 Å². The van der Waals surface area contributed by atoms with Gasteiger partial charge in [-0.2, -0.15) is 0 Å². The Morgan fingerprint density at radius 2 is 1.71 bits per heavy atom. The molecular weight excluding hydrogens is 542 g/mol. The van der Waals surface area contributed by atoms with Crippen LogP contribution < -0.4 is 9.47 Å². The fourth-order valence-corrected chi connectivity index (χ4v) is 5.01. The predicted octanol–water partition coefficient (Wildman–Crippen LogP) is 4.54. The smallest absolute Gasteiger partial charge is 0.410 e. The van der Waals surface area contributed by atoms with Crippen molar-refractivity contribution in [3.63, 3.8) is 0 Å². The van der Waals surface area contributed by atoms with Crippen LogP contribution >= 0.6 is 0 Å². The van der Waals surface area contributed by atoms with Crippen LogP contribution in [0.3, 0.4) is 0 Å². The number of amides is 1. The Labute approximate surface area is 248 Å². The average molecular weight is 586 g/mol. The number of methoxy groups -OCH3 is 1. The Balaban J connectivity index is 1.17. The first kappa shape index (κ1) is 30.6. The molecule has 5 rings (SSSR count). The van der Waals surface area contributed by atoms with Crippen LogP contribution in [0, 0.1) is 0 Å². The van der Waals surface area contributed by atoms with Crippen LogP contribution in [-0.4, -0.2) is 94.4 Å². The fourth-order valence-electron chi connectivity index (χ4n) is 5.01. The van der Waals surface area contributed by atoms with Crippen molar-refractivity contribution < 1.29 is 42.7 Å². The zero-order valence-electron chi connectivity index (χ0n) is 25.0. The predicted molar refractivity (Wildman–Crippen MR) is 154 cm³/mol. The largest absolute Gasteiger partial charge is 0.496 e. The number of ether oxygens (including phenoxy) is 8. The molecule has 3 aliphatic heterocycles. The molecule has 10 heteroatoms. The minimum Gasteiger partial charge on any atom is -0.496 e. The highest BCUT2D eigenvalue weighted by Gasteiger charge is 2.45. The summed E-state index contributed by atoms with van der Waals surface area (Å²) in [6, 6.07) is 15.9. The summed E-state index contributed by atoms with van der Waals surface area (Å²) in [5.41, 5.74) is 1.48. The summed E-state index contributed by atoms with van der Waals surface area (Å²) in [6.07, 6.45) is -0.406. The van der Waals surface area contributed by atoms with Gasteiger partial charge in [-0.05, 0) is 44.5 Å². The SMILES string of the molecule is COc1ccccc1COCCCOc1ccc([C@H]2[C@@H](OC3CO3)CN(C(=O)OC(C)(C)C)C[C@H]2OC[C@@H]2CO2)cc1. The number of nitrogens with zero attached hydrogens (tertiary/aromatic N) is 1. The molecule has 0 spiro atoms. The molecule has 3 heterocycles. The second-order valence-electron chi connectivity index (χ2n) is 11.8. The maximum atomic E-state index is 13.0. The van der Waals surface area contributed by atoms with Crippen molar-refractivity contribution in [3.05, 3.63) is 59.7 Å². The summed E-state index contributed by atoms with van der Waals surface area (Å²) in [7, 11) is 1.66. The van der Waals surface area contributed by atoms with E-state index < -0.39 is 5.60 Å². The van der Waals surface area contributed by atoms with Crippen LogP contribution in [0.4, 0.5) is 4.79 Å². The first-order chi connectivity index (χ1) is 20.3. The molecule has 0 N–H and O–H groups in total. The van der Waals surface area contributed by atoms with Gasteiger partial charge in [0.25, 0.3) is 0 Å². The van der Waals surface area contributed by atoms with Gasteiger partial charge in [0.15, 0.2) is 6.29 Å². The molecule has 0 saturated carbocycles. The normalized spacial score (nSPS) is 25.1. The number of hydrogen-bond donors (Lipinski definition) is 0. The topological polar surface area (TPSA) is 101 Å². The molecule has 230 valence electrons. The Morgan fingerprint density at radius 1 is 0.976 bits per heavy atom. The third kappa shape index (κ3) is 9.05. The van der Waals surface area contributed by atoms with E-state index >= 15 is 0 Å². The number of likely N-dealkylation sites (tertiary alicyclic amines) is 1. The van der Waals surface area contributed by atoms with Crippen molar-refractivity contribution in [2.75, 3.05) is 53.2 Å². The van der Waals surface area contributed by atoms with Crippen LogP contribution in [0.15, 0.2) is 48.5 Å². The number of epoxide rings is 2. The van der Waals surface area contributed by atoms with Gasteiger partial charge in [-0.15, -0.1) is 0 Å². The van der Waals surface area contributed by atoms with Gasteiger partial charge in [0.05, 0.1) is 65.4 Å². The van der Waals surface area contributed by atoms with Gasteiger partial charge < -0.3 is 42.8 Å². The van der Waals surface area contributed by atoms with Gasteiger partial charge >= 0.3 is 6.09 Å². The second kappa shape index (κ2) is 14.1. The highest BCUT2D eigenvalue weighted by atomic mass is 16.8. The molecule has 42 heavy (non-hydrogen) atoms. The summed E-state index contributed by atoms with van der Waals surface area (Å²) >= 11 is 0. The van der Waals surface area contributed by atoms with Crippen LogP contribution in [0.2, 0.25) is 0 Å². The lowest BCUT2D eigenvalue weighted by molar-refractivity contribution is -0.111. The van der Waals surface area contributed by atoms with E-state index in [9.17, 15) is 4.79 Å². The molecule has 1 unspecified atom stereocenters. The van der Waals surface area contributed by atoms with Gasteiger partial charge in [-0.25, -0.2) is 4.79 Å². The Morgan fingerprint density at radius 3 is 2.40 bits per heavy atom. The summed E-state index contributed by atoms with van der Waals surface area (Å²) in [4.78, 5) is 14.7. The van der Waals surface area contributed by atoms with Gasteiger partial charge in [-0.3, -0.25) is 0 Å². The highest BCUT2D eigenvalue weighted by molar-refractivity contribution is 5.68. The van der Waals surface area contributed by atoms with Gasteiger partial charge in [0.2, 0.25) is 0 Å². The lowest BCUT2D eigenvalue weighted by atomic mass is 9.84. The molecule has 3 saturated heterocycles. The fraction of sp³-hybridized carbons (Fsp3) is 0.594. The Hall–Kier alpha value is -2.89. The third-order valence-electron chi connectivity index (χ3n) is 7.20. The molecule has 10 nitrogen and oxygen atoms in total. The molecule has 0 aromatic heterocycles. The maximum absolute atomic E-state index is 13.0. The Kier molecular flexibility index (Phi) is 10.2. The van der Waals surface area contributed by atoms with Crippen molar-refractivity contribution in [2.45, 2.75) is 69.9 Å².